The fraction of sp³-hybridized carbons (Fsp3) is 0.455. The molecular weight excluding hydrogens is 183 g/mol. The molecule has 1 atom stereocenters. The van der Waals surface area contributed by atoms with Crippen molar-refractivity contribution < 1.29 is 14.2 Å². The van der Waals surface area contributed by atoms with Crippen molar-refractivity contribution in [1.82, 2.24) is 0 Å². The van der Waals surface area contributed by atoms with Crippen molar-refractivity contribution >= 4 is 0 Å². The summed E-state index contributed by atoms with van der Waals surface area (Å²) < 4.78 is 18.0. The molecule has 0 saturated heterocycles. The SMILES string of the molecule is CCOCC(O)c1ccc(F)c(C)c1. The summed E-state index contributed by atoms with van der Waals surface area (Å²) in [6, 6.07) is 4.57. The minimum Gasteiger partial charge on any atom is -0.386 e. The molecule has 78 valence electrons. The zero-order chi connectivity index (χ0) is 10.6. The monoisotopic (exact) mass is 198 g/mol. The van der Waals surface area contributed by atoms with Gasteiger partial charge in [0.1, 0.15) is 11.9 Å². The lowest BCUT2D eigenvalue weighted by atomic mass is 10.1. The average Bonchev–Trinajstić information content (AvgIpc) is 2.18. The van der Waals surface area contributed by atoms with Crippen LogP contribution in [0.4, 0.5) is 4.39 Å². The van der Waals surface area contributed by atoms with E-state index in [4.69, 9.17) is 4.74 Å². The lowest BCUT2D eigenvalue weighted by Gasteiger charge is -2.11. The molecule has 2 nitrogen and oxygen atoms in total. The average molecular weight is 198 g/mol. The highest BCUT2D eigenvalue weighted by molar-refractivity contribution is 5.25. The normalized spacial score (nSPS) is 12.9. The van der Waals surface area contributed by atoms with Gasteiger partial charge < -0.3 is 9.84 Å². The van der Waals surface area contributed by atoms with E-state index in [9.17, 15) is 9.50 Å². The highest BCUT2D eigenvalue weighted by Crippen LogP contribution is 2.16. The summed E-state index contributed by atoms with van der Waals surface area (Å²) in [4.78, 5) is 0. The minimum absolute atomic E-state index is 0.252. The molecule has 0 amide bonds. The predicted molar refractivity (Wildman–Crippen MR) is 52.6 cm³/mol. The summed E-state index contributed by atoms with van der Waals surface area (Å²) >= 11 is 0. The third-order valence-corrected chi connectivity index (χ3v) is 2.05. The molecule has 0 heterocycles. The number of hydrogen-bond donors (Lipinski definition) is 1. The van der Waals surface area contributed by atoms with E-state index in [0.717, 1.165) is 0 Å². The lowest BCUT2D eigenvalue weighted by Crippen LogP contribution is -2.07. The van der Waals surface area contributed by atoms with Gasteiger partial charge in [0, 0.05) is 6.61 Å². The first-order valence-corrected chi connectivity index (χ1v) is 4.67. The van der Waals surface area contributed by atoms with Crippen LogP contribution >= 0.6 is 0 Å². The Morgan fingerprint density at radius 1 is 1.50 bits per heavy atom. The zero-order valence-electron chi connectivity index (χ0n) is 8.46. The van der Waals surface area contributed by atoms with Gasteiger partial charge in [0.2, 0.25) is 0 Å². The highest BCUT2D eigenvalue weighted by Gasteiger charge is 2.08. The van der Waals surface area contributed by atoms with Crippen LogP contribution in [0.15, 0.2) is 18.2 Å². The molecule has 1 rings (SSSR count). The van der Waals surface area contributed by atoms with Crippen molar-refractivity contribution in [1.29, 1.82) is 0 Å². The number of halogens is 1. The summed E-state index contributed by atoms with van der Waals surface area (Å²) in [7, 11) is 0. The maximum Gasteiger partial charge on any atom is 0.126 e. The molecule has 1 unspecified atom stereocenters. The van der Waals surface area contributed by atoms with Crippen LogP contribution in [0.1, 0.15) is 24.2 Å². The highest BCUT2D eigenvalue weighted by atomic mass is 19.1. The van der Waals surface area contributed by atoms with Crippen molar-refractivity contribution in [2.75, 3.05) is 13.2 Å². The van der Waals surface area contributed by atoms with Crippen LogP contribution in [0.5, 0.6) is 0 Å². The first kappa shape index (κ1) is 11.1. The molecule has 0 spiro atoms. The summed E-state index contributed by atoms with van der Waals surface area (Å²) in [6.45, 7) is 4.35. The number of benzene rings is 1. The summed E-state index contributed by atoms with van der Waals surface area (Å²) in [5.41, 5.74) is 1.23. The Labute approximate surface area is 83.3 Å². The van der Waals surface area contributed by atoms with Crippen LogP contribution in [0.25, 0.3) is 0 Å². The number of ether oxygens (including phenoxy) is 1. The van der Waals surface area contributed by atoms with Gasteiger partial charge in [-0.05, 0) is 31.0 Å². The molecule has 1 aromatic carbocycles. The molecule has 0 aliphatic heterocycles. The van der Waals surface area contributed by atoms with E-state index in [1.165, 1.54) is 6.07 Å². The zero-order valence-corrected chi connectivity index (χ0v) is 8.46. The van der Waals surface area contributed by atoms with E-state index < -0.39 is 6.10 Å². The van der Waals surface area contributed by atoms with Crippen molar-refractivity contribution in [2.24, 2.45) is 0 Å². The first-order valence-electron chi connectivity index (χ1n) is 4.67. The topological polar surface area (TPSA) is 29.5 Å². The third kappa shape index (κ3) is 2.79. The second kappa shape index (κ2) is 5.08. The Kier molecular flexibility index (Phi) is 4.04. The number of hydrogen-bond acceptors (Lipinski definition) is 2. The van der Waals surface area contributed by atoms with E-state index in [1.807, 2.05) is 6.92 Å². The van der Waals surface area contributed by atoms with E-state index in [-0.39, 0.29) is 12.4 Å². The number of rotatable bonds is 4. The predicted octanol–water partition coefficient (Wildman–Crippen LogP) is 2.20. The van der Waals surface area contributed by atoms with Crippen LogP contribution < -0.4 is 0 Å². The summed E-state index contributed by atoms with van der Waals surface area (Å²) in [5, 5.41) is 9.62. The van der Waals surface area contributed by atoms with Crippen molar-refractivity contribution in [3.63, 3.8) is 0 Å². The number of aryl methyl sites for hydroxylation is 1. The standard InChI is InChI=1S/C11H15FO2/c1-3-14-7-11(13)9-4-5-10(12)8(2)6-9/h4-6,11,13H,3,7H2,1-2H3. The quantitative estimate of drug-likeness (QED) is 0.803. The van der Waals surface area contributed by atoms with Crippen molar-refractivity contribution in [2.45, 2.75) is 20.0 Å². The van der Waals surface area contributed by atoms with Crippen molar-refractivity contribution in [3.05, 3.63) is 35.1 Å². The smallest absolute Gasteiger partial charge is 0.126 e. The van der Waals surface area contributed by atoms with Crippen molar-refractivity contribution in [3.8, 4) is 0 Å². The van der Waals surface area contributed by atoms with Crippen LogP contribution in [0, 0.1) is 12.7 Å². The number of aliphatic hydroxyl groups excluding tert-OH is 1. The Morgan fingerprint density at radius 3 is 2.79 bits per heavy atom. The van der Waals surface area contributed by atoms with Crippen LogP contribution in [0.2, 0.25) is 0 Å². The largest absolute Gasteiger partial charge is 0.386 e. The second-order valence-electron chi connectivity index (χ2n) is 3.18. The first-order chi connectivity index (χ1) is 6.65. The molecule has 14 heavy (non-hydrogen) atoms. The fourth-order valence-electron chi connectivity index (χ4n) is 1.20. The van der Waals surface area contributed by atoms with E-state index >= 15 is 0 Å². The molecule has 1 aromatic rings. The maximum absolute atomic E-state index is 12.9. The van der Waals surface area contributed by atoms with Gasteiger partial charge >= 0.3 is 0 Å². The molecule has 0 fully saturated rings. The fourth-order valence-corrected chi connectivity index (χ4v) is 1.20. The van der Waals surface area contributed by atoms with Crippen LogP contribution in [0.3, 0.4) is 0 Å². The van der Waals surface area contributed by atoms with E-state index in [0.29, 0.717) is 17.7 Å². The van der Waals surface area contributed by atoms with Gasteiger partial charge in [-0.15, -0.1) is 0 Å². The third-order valence-electron chi connectivity index (χ3n) is 2.05. The Morgan fingerprint density at radius 2 is 2.21 bits per heavy atom. The maximum atomic E-state index is 12.9. The van der Waals surface area contributed by atoms with Gasteiger partial charge in [0.05, 0.1) is 6.61 Å². The van der Waals surface area contributed by atoms with Gasteiger partial charge in [0.25, 0.3) is 0 Å². The molecule has 0 aromatic heterocycles. The van der Waals surface area contributed by atoms with Gasteiger partial charge in [-0.2, -0.15) is 0 Å². The summed E-state index contributed by atoms with van der Waals surface area (Å²) in [6.07, 6.45) is -0.672. The molecular formula is C11H15FO2. The molecule has 0 aliphatic carbocycles. The van der Waals surface area contributed by atoms with Crippen LogP contribution in [-0.2, 0) is 4.74 Å². The van der Waals surface area contributed by atoms with E-state index in [2.05, 4.69) is 0 Å². The van der Waals surface area contributed by atoms with Gasteiger partial charge in [0.15, 0.2) is 0 Å². The lowest BCUT2D eigenvalue weighted by molar-refractivity contribution is 0.0419. The molecule has 0 radical (unpaired) electrons. The Hall–Kier alpha value is -0.930. The van der Waals surface area contributed by atoms with E-state index in [1.54, 1.807) is 19.1 Å². The number of aliphatic hydroxyl groups is 1. The molecule has 0 bridgehead atoms. The molecule has 0 aliphatic rings. The van der Waals surface area contributed by atoms with Gasteiger partial charge in [-0.1, -0.05) is 12.1 Å². The Bertz CT molecular complexity index is 299. The van der Waals surface area contributed by atoms with Gasteiger partial charge in [-0.25, -0.2) is 4.39 Å². The van der Waals surface area contributed by atoms with Crippen LogP contribution in [-0.4, -0.2) is 18.3 Å². The van der Waals surface area contributed by atoms with Gasteiger partial charge in [-0.3, -0.25) is 0 Å². The summed E-state index contributed by atoms with van der Waals surface area (Å²) in [5.74, 6) is -0.252. The molecule has 0 saturated carbocycles. The molecule has 1 N–H and O–H groups in total. The second-order valence-corrected chi connectivity index (χ2v) is 3.18. The molecule has 3 heteroatoms. The minimum atomic E-state index is -0.672. The Balaban J connectivity index is 2.70.